The second-order valence-corrected chi connectivity index (χ2v) is 6.97. The van der Waals surface area contributed by atoms with E-state index in [9.17, 15) is 19.2 Å². The summed E-state index contributed by atoms with van der Waals surface area (Å²) in [4.78, 5) is 52.4. The molecule has 3 N–H and O–H groups in total. The maximum absolute atomic E-state index is 12.7. The number of anilines is 2. The normalized spacial score (nSPS) is 18.2. The van der Waals surface area contributed by atoms with Gasteiger partial charge in [-0.05, 0) is 25.2 Å². The minimum atomic E-state index is -0.726. The van der Waals surface area contributed by atoms with Gasteiger partial charge in [-0.1, -0.05) is 27.2 Å². The number of rotatable bonds is 9. The zero-order valence-corrected chi connectivity index (χ0v) is 16.1. The lowest BCUT2D eigenvalue weighted by atomic mass is 10.2. The molecule has 1 aliphatic rings. The van der Waals surface area contributed by atoms with Crippen LogP contribution in [0.4, 0.5) is 11.5 Å². The lowest BCUT2D eigenvalue weighted by Gasteiger charge is -2.24. The van der Waals surface area contributed by atoms with Crippen LogP contribution in [0.1, 0.15) is 46.5 Å². The molecule has 1 aromatic heterocycles. The lowest BCUT2D eigenvalue weighted by Crippen LogP contribution is -2.43. The number of hydrogen-bond donors (Lipinski definition) is 2. The second kappa shape index (κ2) is 8.88. The molecule has 1 heterocycles. The Morgan fingerprint density at radius 2 is 1.96 bits per heavy atom. The topological polar surface area (TPSA) is 127 Å². The van der Waals surface area contributed by atoms with Crippen molar-refractivity contribution in [2.24, 2.45) is 11.8 Å². The third-order valence-electron chi connectivity index (χ3n) is 4.72. The summed E-state index contributed by atoms with van der Waals surface area (Å²) in [5, 5.41) is 0. The summed E-state index contributed by atoms with van der Waals surface area (Å²) in [5.74, 6) is -0.868. The molecular formula is C18H28N4O5. The average Bonchev–Trinajstić information content (AvgIpc) is 3.35. The molecule has 27 heavy (non-hydrogen) atoms. The molecule has 0 bridgehead atoms. The molecular weight excluding hydrogens is 352 g/mol. The number of unbranched alkanes of at least 4 members (excludes halogenated alkanes) is 1. The molecule has 0 aliphatic heterocycles. The Bertz CT molecular complexity index is 813. The minimum Gasteiger partial charge on any atom is -0.455 e. The van der Waals surface area contributed by atoms with Gasteiger partial charge in [-0.25, -0.2) is 4.79 Å². The molecule has 1 saturated carbocycles. The van der Waals surface area contributed by atoms with E-state index in [1.165, 1.54) is 9.47 Å². The van der Waals surface area contributed by atoms with Gasteiger partial charge >= 0.3 is 11.7 Å². The van der Waals surface area contributed by atoms with E-state index in [2.05, 4.69) is 4.98 Å². The molecule has 1 fully saturated rings. The Kier molecular flexibility index (Phi) is 6.81. The smallest absolute Gasteiger partial charge is 0.330 e. The largest absolute Gasteiger partial charge is 0.455 e. The van der Waals surface area contributed by atoms with Crippen LogP contribution in [-0.2, 0) is 20.9 Å². The van der Waals surface area contributed by atoms with E-state index in [0.717, 1.165) is 12.8 Å². The van der Waals surface area contributed by atoms with Crippen molar-refractivity contribution in [2.75, 3.05) is 23.8 Å². The molecule has 9 heteroatoms. The van der Waals surface area contributed by atoms with Gasteiger partial charge in [0.1, 0.15) is 5.82 Å². The van der Waals surface area contributed by atoms with E-state index in [4.69, 9.17) is 10.5 Å². The van der Waals surface area contributed by atoms with Crippen LogP contribution >= 0.6 is 0 Å². The Hall–Kier alpha value is -2.58. The molecule has 2 atom stereocenters. The van der Waals surface area contributed by atoms with Crippen LogP contribution in [0.15, 0.2) is 9.59 Å². The fourth-order valence-electron chi connectivity index (χ4n) is 2.93. The average molecular weight is 380 g/mol. The molecule has 0 radical (unpaired) electrons. The van der Waals surface area contributed by atoms with E-state index in [1.54, 1.807) is 0 Å². The van der Waals surface area contributed by atoms with Crippen molar-refractivity contribution in [3.8, 4) is 0 Å². The number of aromatic amines is 1. The highest BCUT2D eigenvalue weighted by Crippen LogP contribution is 2.38. The maximum Gasteiger partial charge on any atom is 0.330 e. The summed E-state index contributed by atoms with van der Waals surface area (Å²) < 4.78 is 6.35. The molecule has 150 valence electrons. The number of carbonyl (C=O) groups excluding carboxylic acids is 2. The minimum absolute atomic E-state index is 0.0582. The maximum atomic E-state index is 12.7. The second-order valence-electron chi connectivity index (χ2n) is 6.97. The standard InChI is InChI=1S/C18H28N4O5/c1-4-6-8-21(13(23)10-27-17(25)12-9-11(12)3)14-15(19)22(7-5-2)18(26)20-16(14)24/h11-12H,4-10,19H2,1-3H3,(H,20,24,26). The van der Waals surface area contributed by atoms with Gasteiger partial charge < -0.3 is 15.4 Å². The molecule has 2 rings (SSSR count). The van der Waals surface area contributed by atoms with Gasteiger partial charge in [-0.15, -0.1) is 0 Å². The zero-order valence-electron chi connectivity index (χ0n) is 16.1. The summed E-state index contributed by atoms with van der Waals surface area (Å²) in [6, 6.07) is 0. The van der Waals surface area contributed by atoms with Crippen molar-refractivity contribution in [3.63, 3.8) is 0 Å². The quantitative estimate of drug-likeness (QED) is 0.612. The highest BCUT2D eigenvalue weighted by atomic mass is 16.5. The van der Waals surface area contributed by atoms with E-state index in [0.29, 0.717) is 19.4 Å². The molecule has 9 nitrogen and oxygen atoms in total. The lowest BCUT2D eigenvalue weighted by molar-refractivity contribution is -0.149. The molecule has 1 amide bonds. The summed E-state index contributed by atoms with van der Waals surface area (Å²) in [6.07, 6.45) is 2.82. The number of nitrogens with zero attached hydrogens (tertiary/aromatic N) is 2. The van der Waals surface area contributed by atoms with Crippen LogP contribution in [0.5, 0.6) is 0 Å². The van der Waals surface area contributed by atoms with E-state index >= 15 is 0 Å². The van der Waals surface area contributed by atoms with E-state index in [1.807, 2.05) is 20.8 Å². The first-order valence-electron chi connectivity index (χ1n) is 9.41. The van der Waals surface area contributed by atoms with Crippen LogP contribution in [0.25, 0.3) is 0 Å². The molecule has 0 saturated heterocycles. The Morgan fingerprint density at radius 1 is 1.30 bits per heavy atom. The van der Waals surface area contributed by atoms with Crippen LogP contribution in [0.3, 0.4) is 0 Å². The first-order valence-corrected chi connectivity index (χ1v) is 9.41. The van der Waals surface area contributed by atoms with Gasteiger partial charge in [-0.2, -0.15) is 0 Å². The summed E-state index contributed by atoms with van der Waals surface area (Å²) in [7, 11) is 0. The predicted octanol–water partition coefficient (Wildman–Crippen LogP) is 0.861. The summed E-state index contributed by atoms with van der Waals surface area (Å²) >= 11 is 0. The number of nitrogens with one attached hydrogen (secondary N) is 1. The summed E-state index contributed by atoms with van der Waals surface area (Å²) in [6.45, 7) is 5.86. The number of H-pyrrole nitrogens is 1. The van der Waals surface area contributed by atoms with Gasteiger partial charge in [0, 0.05) is 13.1 Å². The Morgan fingerprint density at radius 3 is 2.52 bits per heavy atom. The number of hydrogen-bond acceptors (Lipinski definition) is 6. The van der Waals surface area contributed by atoms with Crippen LogP contribution < -0.4 is 21.9 Å². The van der Waals surface area contributed by atoms with E-state index < -0.39 is 29.7 Å². The van der Waals surface area contributed by atoms with Crippen LogP contribution in [0.2, 0.25) is 0 Å². The van der Waals surface area contributed by atoms with Crippen molar-refractivity contribution in [2.45, 2.75) is 53.0 Å². The number of nitrogens with two attached hydrogens (primary N) is 1. The number of amides is 1. The SMILES string of the molecule is CCCCN(C(=O)COC(=O)C1CC1C)c1c(N)n(CCC)c(=O)[nH]c1=O. The number of esters is 1. The first kappa shape index (κ1) is 20.7. The fourth-order valence-corrected chi connectivity index (χ4v) is 2.93. The van der Waals surface area contributed by atoms with Crippen LogP contribution in [0, 0.1) is 11.8 Å². The van der Waals surface area contributed by atoms with Gasteiger partial charge in [0.15, 0.2) is 12.3 Å². The van der Waals surface area contributed by atoms with Gasteiger partial charge in [0.25, 0.3) is 11.5 Å². The third-order valence-corrected chi connectivity index (χ3v) is 4.72. The molecule has 2 unspecified atom stereocenters. The molecule has 1 aliphatic carbocycles. The Balaban J connectivity index is 2.28. The first-order chi connectivity index (χ1) is 12.8. The number of aromatic nitrogens is 2. The summed E-state index contributed by atoms with van der Waals surface area (Å²) in [5.41, 5.74) is 4.65. The van der Waals surface area contributed by atoms with Gasteiger partial charge in [-0.3, -0.25) is 23.9 Å². The monoisotopic (exact) mass is 380 g/mol. The van der Waals surface area contributed by atoms with Crippen molar-refractivity contribution < 1.29 is 14.3 Å². The molecule has 1 aromatic rings. The zero-order chi connectivity index (χ0) is 20.1. The number of nitrogen functional groups attached to an aromatic ring is 1. The Labute approximate surface area is 157 Å². The highest BCUT2D eigenvalue weighted by Gasteiger charge is 2.41. The molecule has 0 aromatic carbocycles. The van der Waals surface area contributed by atoms with Gasteiger partial charge in [0.05, 0.1) is 5.92 Å². The third kappa shape index (κ3) is 4.78. The molecule has 0 spiro atoms. The van der Waals surface area contributed by atoms with Crippen molar-refractivity contribution in [3.05, 3.63) is 20.8 Å². The number of carbonyl (C=O) groups is 2. The van der Waals surface area contributed by atoms with Crippen molar-refractivity contribution in [1.29, 1.82) is 0 Å². The van der Waals surface area contributed by atoms with E-state index in [-0.39, 0.29) is 29.9 Å². The number of ether oxygens (including phenoxy) is 1. The van der Waals surface area contributed by atoms with Crippen LogP contribution in [-0.4, -0.2) is 34.6 Å². The van der Waals surface area contributed by atoms with Crippen molar-refractivity contribution in [1.82, 2.24) is 9.55 Å². The van der Waals surface area contributed by atoms with Gasteiger partial charge in [0.2, 0.25) is 0 Å². The highest BCUT2D eigenvalue weighted by molar-refractivity contribution is 5.97. The van der Waals surface area contributed by atoms with Crippen molar-refractivity contribution >= 4 is 23.4 Å². The predicted molar refractivity (Wildman–Crippen MR) is 102 cm³/mol. The fraction of sp³-hybridized carbons (Fsp3) is 0.667.